The molecule has 31 heavy (non-hydrogen) atoms. The van der Waals surface area contributed by atoms with Crippen LogP contribution in [0.4, 0.5) is 5.69 Å². The predicted molar refractivity (Wildman–Crippen MR) is 126 cm³/mol. The van der Waals surface area contributed by atoms with E-state index in [-0.39, 0.29) is 16.1 Å². The molecule has 3 aromatic carbocycles. The third-order valence-corrected chi connectivity index (χ3v) is 6.95. The second-order valence-electron chi connectivity index (χ2n) is 9.07. The number of hydrogen-bond acceptors (Lipinski definition) is 3. The van der Waals surface area contributed by atoms with Crippen LogP contribution in [0.5, 0.6) is 0 Å². The Kier molecular flexibility index (Phi) is 6.10. The van der Waals surface area contributed by atoms with Gasteiger partial charge in [0.05, 0.1) is 4.90 Å². The monoisotopic (exact) mass is 435 g/mol. The van der Waals surface area contributed by atoms with Crippen LogP contribution in [0.25, 0.3) is 0 Å². The number of carbonyl (C=O) groups is 1. The van der Waals surface area contributed by atoms with Crippen molar-refractivity contribution in [2.75, 3.05) is 4.72 Å². The van der Waals surface area contributed by atoms with Gasteiger partial charge in [-0.1, -0.05) is 74.9 Å². The Morgan fingerprint density at radius 3 is 1.94 bits per heavy atom. The number of benzene rings is 3. The lowest BCUT2D eigenvalue weighted by Gasteiger charge is -2.19. The molecule has 0 unspecified atom stereocenters. The average molecular weight is 436 g/mol. The molecule has 0 fully saturated rings. The van der Waals surface area contributed by atoms with Gasteiger partial charge < -0.3 is 0 Å². The Labute approximate surface area is 185 Å². The van der Waals surface area contributed by atoms with Gasteiger partial charge in [-0.15, -0.1) is 0 Å². The molecule has 0 spiro atoms. The highest BCUT2D eigenvalue weighted by Crippen LogP contribution is 2.26. The summed E-state index contributed by atoms with van der Waals surface area (Å²) in [6, 6.07) is 17.9. The molecular formula is C26H29NO3S. The van der Waals surface area contributed by atoms with Crippen LogP contribution in [0.2, 0.25) is 0 Å². The van der Waals surface area contributed by atoms with E-state index in [0.29, 0.717) is 27.9 Å². The average Bonchev–Trinajstić information content (AvgIpc) is 2.65. The van der Waals surface area contributed by atoms with Gasteiger partial charge in [-0.3, -0.25) is 9.52 Å². The first-order valence-electron chi connectivity index (χ1n) is 10.2. The van der Waals surface area contributed by atoms with Crippen LogP contribution in [0.1, 0.15) is 58.9 Å². The molecule has 1 N–H and O–H groups in total. The molecule has 0 amide bonds. The van der Waals surface area contributed by atoms with Crippen LogP contribution in [0, 0.1) is 20.8 Å². The number of ketones is 1. The second kappa shape index (κ2) is 8.31. The van der Waals surface area contributed by atoms with Crippen LogP contribution >= 0.6 is 0 Å². The second-order valence-corrected chi connectivity index (χ2v) is 10.7. The largest absolute Gasteiger partial charge is 0.289 e. The first kappa shape index (κ1) is 22.8. The zero-order valence-electron chi connectivity index (χ0n) is 18.9. The maximum Gasteiger partial charge on any atom is 0.262 e. The van der Waals surface area contributed by atoms with Crippen molar-refractivity contribution in [3.05, 3.63) is 94.0 Å². The minimum absolute atomic E-state index is 0.00597. The van der Waals surface area contributed by atoms with Crippen molar-refractivity contribution in [1.29, 1.82) is 0 Å². The van der Waals surface area contributed by atoms with E-state index < -0.39 is 10.0 Å². The highest BCUT2D eigenvalue weighted by Gasteiger charge is 2.21. The Hall–Kier alpha value is -2.92. The lowest BCUT2D eigenvalue weighted by atomic mass is 9.86. The van der Waals surface area contributed by atoms with E-state index in [2.05, 4.69) is 25.5 Å². The minimum Gasteiger partial charge on any atom is -0.289 e. The minimum atomic E-state index is -3.78. The van der Waals surface area contributed by atoms with E-state index in [1.54, 1.807) is 38.1 Å². The maximum atomic E-state index is 13.0. The van der Waals surface area contributed by atoms with E-state index in [4.69, 9.17) is 0 Å². The summed E-state index contributed by atoms with van der Waals surface area (Å²) >= 11 is 0. The molecule has 0 heterocycles. The highest BCUT2D eigenvalue weighted by molar-refractivity contribution is 7.92. The van der Waals surface area contributed by atoms with Gasteiger partial charge in [0.15, 0.2) is 5.78 Å². The normalized spacial score (nSPS) is 11.9. The molecule has 162 valence electrons. The van der Waals surface area contributed by atoms with Crippen LogP contribution in [-0.4, -0.2) is 14.2 Å². The number of sulfonamides is 1. The summed E-state index contributed by atoms with van der Waals surface area (Å²) in [5, 5.41) is 0. The summed E-state index contributed by atoms with van der Waals surface area (Å²) in [6.45, 7) is 11.9. The summed E-state index contributed by atoms with van der Waals surface area (Å²) < 4.78 is 28.7. The summed E-state index contributed by atoms with van der Waals surface area (Å²) in [5.74, 6) is -0.149. The SMILES string of the molecule is Cc1cc(C)c(S(=O)(=O)Nc2cccc(C(=O)c3ccc(C(C)(C)C)cc3)c2)c(C)c1. The van der Waals surface area contributed by atoms with Gasteiger partial charge in [0.2, 0.25) is 0 Å². The van der Waals surface area contributed by atoms with E-state index >= 15 is 0 Å². The van der Waals surface area contributed by atoms with Crippen molar-refractivity contribution in [3.8, 4) is 0 Å². The third-order valence-electron chi connectivity index (χ3n) is 5.26. The topological polar surface area (TPSA) is 63.2 Å². The molecule has 0 saturated carbocycles. The molecule has 0 saturated heterocycles. The molecule has 0 aromatic heterocycles. The smallest absolute Gasteiger partial charge is 0.262 e. The van der Waals surface area contributed by atoms with Gasteiger partial charge in [0.1, 0.15) is 0 Å². The van der Waals surface area contributed by atoms with Gasteiger partial charge in [-0.05, 0) is 55.0 Å². The number of anilines is 1. The van der Waals surface area contributed by atoms with E-state index in [0.717, 1.165) is 11.1 Å². The van der Waals surface area contributed by atoms with Gasteiger partial charge in [0, 0.05) is 16.8 Å². The van der Waals surface area contributed by atoms with Crippen molar-refractivity contribution in [3.63, 3.8) is 0 Å². The molecular weight excluding hydrogens is 406 g/mol. The Morgan fingerprint density at radius 1 is 0.806 bits per heavy atom. The lowest BCUT2D eigenvalue weighted by Crippen LogP contribution is -2.16. The van der Waals surface area contributed by atoms with Crippen LogP contribution < -0.4 is 4.72 Å². The Bertz CT molecular complexity index is 1210. The molecule has 3 rings (SSSR count). The van der Waals surface area contributed by atoms with Crippen molar-refractivity contribution < 1.29 is 13.2 Å². The summed E-state index contributed by atoms with van der Waals surface area (Å²) in [4.78, 5) is 13.2. The van der Waals surface area contributed by atoms with Gasteiger partial charge in [0.25, 0.3) is 10.0 Å². The fourth-order valence-electron chi connectivity index (χ4n) is 3.81. The van der Waals surface area contributed by atoms with Crippen molar-refractivity contribution in [2.45, 2.75) is 51.9 Å². The zero-order valence-corrected chi connectivity index (χ0v) is 19.7. The van der Waals surface area contributed by atoms with Gasteiger partial charge in [-0.2, -0.15) is 0 Å². The molecule has 0 radical (unpaired) electrons. The number of nitrogens with one attached hydrogen (secondary N) is 1. The quantitative estimate of drug-likeness (QED) is 0.504. The summed E-state index contributed by atoms with van der Waals surface area (Å²) in [5.41, 5.74) is 4.91. The zero-order chi connectivity index (χ0) is 23.0. The first-order valence-corrected chi connectivity index (χ1v) is 11.7. The fourth-order valence-corrected chi connectivity index (χ4v) is 5.31. The Morgan fingerprint density at radius 2 is 1.39 bits per heavy atom. The van der Waals surface area contributed by atoms with Crippen LogP contribution in [-0.2, 0) is 15.4 Å². The molecule has 0 bridgehead atoms. The fraction of sp³-hybridized carbons (Fsp3) is 0.269. The Balaban J connectivity index is 1.89. The van der Waals surface area contributed by atoms with E-state index in [1.165, 1.54) is 0 Å². The van der Waals surface area contributed by atoms with E-state index in [1.807, 2.05) is 43.3 Å². The van der Waals surface area contributed by atoms with Crippen molar-refractivity contribution in [2.24, 2.45) is 0 Å². The standard InChI is InChI=1S/C26H29NO3S/c1-17-14-18(2)25(19(3)15-17)31(29,30)27-23-9-7-8-21(16-23)24(28)20-10-12-22(13-11-20)26(4,5)6/h7-16,27H,1-6H3. The van der Waals surface area contributed by atoms with Crippen LogP contribution in [0.15, 0.2) is 65.6 Å². The number of aryl methyl sites for hydroxylation is 3. The molecule has 3 aromatic rings. The van der Waals surface area contributed by atoms with Crippen LogP contribution in [0.3, 0.4) is 0 Å². The molecule has 0 aliphatic heterocycles. The highest BCUT2D eigenvalue weighted by atomic mass is 32.2. The predicted octanol–water partition coefficient (Wildman–Crippen LogP) is 5.94. The van der Waals surface area contributed by atoms with E-state index in [9.17, 15) is 13.2 Å². The molecule has 0 aliphatic carbocycles. The number of carbonyl (C=O) groups excluding carboxylic acids is 1. The first-order chi connectivity index (χ1) is 14.4. The number of hydrogen-bond donors (Lipinski definition) is 1. The number of rotatable bonds is 5. The van der Waals surface area contributed by atoms with Crippen molar-refractivity contribution in [1.82, 2.24) is 0 Å². The molecule has 4 nitrogen and oxygen atoms in total. The molecule has 0 atom stereocenters. The molecule has 0 aliphatic rings. The summed E-state index contributed by atoms with van der Waals surface area (Å²) in [6.07, 6.45) is 0. The lowest BCUT2D eigenvalue weighted by molar-refractivity contribution is 0.103. The van der Waals surface area contributed by atoms with Gasteiger partial charge >= 0.3 is 0 Å². The van der Waals surface area contributed by atoms with Crippen molar-refractivity contribution >= 4 is 21.5 Å². The summed E-state index contributed by atoms with van der Waals surface area (Å²) in [7, 11) is -3.78. The maximum absolute atomic E-state index is 13.0. The van der Waals surface area contributed by atoms with Gasteiger partial charge in [-0.25, -0.2) is 8.42 Å². The third kappa shape index (κ3) is 5.05. The molecule has 5 heteroatoms.